The summed E-state index contributed by atoms with van der Waals surface area (Å²) in [7, 11) is 0. The van der Waals surface area contributed by atoms with Crippen molar-refractivity contribution in [3.8, 4) is 17.0 Å². The molecule has 0 amide bonds. The van der Waals surface area contributed by atoms with E-state index in [2.05, 4.69) is 4.98 Å². The number of nitrogens with two attached hydrogens (primary N) is 1. The molecular weight excluding hydrogens is 208 g/mol. The topological polar surface area (TPSA) is 48.1 Å². The normalized spacial score (nSPS) is 10.2. The summed E-state index contributed by atoms with van der Waals surface area (Å²) in [5.41, 5.74) is 9.35. The summed E-state index contributed by atoms with van der Waals surface area (Å²) in [5, 5.41) is 0.724. The van der Waals surface area contributed by atoms with Crippen molar-refractivity contribution in [2.45, 2.75) is 6.92 Å². The van der Waals surface area contributed by atoms with Crippen molar-refractivity contribution >= 4 is 16.3 Å². The Morgan fingerprint density at radius 1 is 1.40 bits per heavy atom. The number of nitrogen functional groups attached to an aromatic ring is 1. The van der Waals surface area contributed by atoms with Crippen molar-refractivity contribution < 1.29 is 4.74 Å². The number of rotatable bonds is 3. The zero-order valence-electron chi connectivity index (χ0n) is 8.43. The lowest BCUT2D eigenvalue weighted by atomic mass is 10.1. The number of benzene rings is 1. The Morgan fingerprint density at radius 2 is 2.20 bits per heavy atom. The van der Waals surface area contributed by atoms with Crippen LogP contribution >= 0.6 is 11.3 Å². The summed E-state index contributed by atoms with van der Waals surface area (Å²) >= 11 is 1.44. The molecule has 2 N–H and O–H groups in total. The number of aromatic nitrogens is 1. The molecule has 1 aromatic heterocycles. The van der Waals surface area contributed by atoms with Crippen LogP contribution in [0, 0.1) is 0 Å². The summed E-state index contributed by atoms with van der Waals surface area (Å²) in [6.45, 7) is 2.60. The van der Waals surface area contributed by atoms with Crippen LogP contribution in [0.15, 0.2) is 29.8 Å². The third kappa shape index (κ3) is 1.94. The summed E-state index contributed by atoms with van der Waals surface area (Å²) < 4.78 is 5.52. The molecule has 0 aliphatic heterocycles. The minimum atomic E-state index is 0.640. The van der Waals surface area contributed by atoms with Crippen LogP contribution in [0.4, 0.5) is 5.00 Å². The highest BCUT2D eigenvalue weighted by atomic mass is 32.1. The summed E-state index contributed by atoms with van der Waals surface area (Å²) in [6, 6.07) is 7.79. The Bertz CT molecular complexity index is 453. The van der Waals surface area contributed by atoms with Gasteiger partial charge >= 0.3 is 0 Å². The van der Waals surface area contributed by atoms with Crippen molar-refractivity contribution in [1.29, 1.82) is 0 Å². The first kappa shape index (κ1) is 9.98. The Morgan fingerprint density at radius 3 is 2.87 bits per heavy atom. The molecule has 0 saturated carbocycles. The lowest BCUT2D eigenvalue weighted by molar-refractivity contribution is 0.341. The van der Waals surface area contributed by atoms with Crippen LogP contribution in [-0.4, -0.2) is 11.6 Å². The van der Waals surface area contributed by atoms with Crippen molar-refractivity contribution in [3.05, 3.63) is 29.8 Å². The van der Waals surface area contributed by atoms with E-state index in [0.717, 1.165) is 22.0 Å². The molecule has 15 heavy (non-hydrogen) atoms. The number of hydrogen-bond acceptors (Lipinski definition) is 4. The van der Waals surface area contributed by atoms with Gasteiger partial charge < -0.3 is 10.5 Å². The number of thiazole rings is 1. The first-order chi connectivity index (χ1) is 7.33. The fraction of sp³-hybridized carbons (Fsp3) is 0.182. The van der Waals surface area contributed by atoms with E-state index in [1.54, 1.807) is 5.51 Å². The maximum atomic E-state index is 5.84. The Kier molecular flexibility index (Phi) is 2.87. The highest BCUT2D eigenvalue weighted by Gasteiger charge is 2.10. The third-order valence-electron chi connectivity index (χ3n) is 2.04. The van der Waals surface area contributed by atoms with Gasteiger partial charge in [0.2, 0.25) is 0 Å². The third-order valence-corrected chi connectivity index (χ3v) is 2.69. The van der Waals surface area contributed by atoms with Crippen molar-refractivity contribution in [2.24, 2.45) is 0 Å². The highest BCUT2D eigenvalue weighted by Crippen LogP contribution is 2.34. The molecule has 2 aromatic rings. The number of anilines is 1. The fourth-order valence-electron chi connectivity index (χ4n) is 1.40. The Balaban J connectivity index is 2.48. The lowest BCUT2D eigenvalue weighted by Gasteiger charge is -2.08. The quantitative estimate of drug-likeness (QED) is 0.865. The van der Waals surface area contributed by atoms with Gasteiger partial charge in [0.25, 0.3) is 0 Å². The van der Waals surface area contributed by atoms with Crippen LogP contribution in [-0.2, 0) is 0 Å². The monoisotopic (exact) mass is 220 g/mol. The van der Waals surface area contributed by atoms with E-state index in [1.807, 2.05) is 31.2 Å². The van der Waals surface area contributed by atoms with Crippen molar-refractivity contribution in [3.63, 3.8) is 0 Å². The summed E-state index contributed by atoms with van der Waals surface area (Å²) in [4.78, 5) is 4.24. The van der Waals surface area contributed by atoms with E-state index in [0.29, 0.717) is 6.61 Å². The van der Waals surface area contributed by atoms with Crippen LogP contribution in [0.3, 0.4) is 0 Å². The van der Waals surface area contributed by atoms with Gasteiger partial charge in [0.1, 0.15) is 16.4 Å². The van der Waals surface area contributed by atoms with Gasteiger partial charge in [-0.1, -0.05) is 12.1 Å². The number of nitrogens with zero attached hydrogens (tertiary/aromatic N) is 1. The second-order valence-corrected chi connectivity index (χ2v) is 3.88. The molecule has 0 bridgehead atoms. The molecule has 0 aliphatic rings. The molecule has 1 heterocycles. The smallest absolute Gasteiger partial charge is 0.128 e. The molecule has 0 fully saturated rings. The van der Waals surface area contributed by atoms with E-state index in [1.165, 1.54) is 11.3 Å². The Labute approximate surface area is 92.5 Å². The summed E-state index contributed by atoms with van der Waals surface area (Å²) in [5.74, 6) is 0.831. The van der Waals surface area contributed by atoms with E-state index in [9.17, 15) is 0 Å². The molecule has 0 spiro atoms. The van der Waals surface area contributed by atoms with Gasteiger partial charge in [0.05, 0.1) is 12.1 Å². The van der Waals surface area contributed by atoms with Crippen molar-refractivity contribution in [2.75, 3.05) is 12.3 Å². The molecule has 4 heteroatoms. The zero-order valence-corrected chi connectivity index (χ0v) is 9.25. The van der Waals surface area contributed by atoms with E-state index < -0.39 is 0 Å². The SMILES string of the molecule is CCOc1ccccc1-c1ncsc1N. The molecule has 0 aliphatic carbocycles. The number of para-hydroxylation sites is 1. The molecule has 0 atom stereocenters. The number of hydrogen-bond donors (Lipinski definition) is 1. The molecule has 0 saturated heterocycles. The molecule has 78 valence electrons. The average molecular weight is 220 g/mol. The van der Waals surface area contributed by atoms with Gasteiger partial charge in [-0.2, -0.15) is 0 Å². The van der Waals surface area contributed by atoms with Gasteiger partial charge in [-0.25, -0.2) is 4.98 Å². The van der Waals surface area contributed by atoms with Crippen LogP contribution in [0.1, 0.15) is 6.92 Å². The fourth-order valence-corrected chi connectivity index (χ4v) is 1.95. The van der Waals surface area contributed by atoms with Crippen LogP contribution in [0.2, 0.25) is 0 Å². The first-order valence-electron chi connectivity index (χ1n) is 4.74. The molecule has 1 aromatic carbocycles. The Hall–Kier alpha value is -1.55. The molecule has 0 radical (unpaired) electrons. The second-order valence-electron chi connectivity index (χ2n) is 2.99. The van der Waals surface area contributed by atoms with Crippen molar-refractivity contribution in [1.82, 2.24) is 4.98 Å². The average Bonchev–Trinajstić information content (AvgIpc) is 2.66. The van der Waals surface area contributed by atoms with Gasteiger partial charge in [-0.15, -0.1) is 11.3 Å². The minimum Gasteiger partial charge on any atom is -0.493 e. The molecular formula is C11H12N2OS. The second kappa shape index (κ2) is 4.31. The molecule has 2 rings (SSSR count). The van der Waals surface area contributed by atoms with Gasteiger partial charge in [0, 0.05) is 5.56 Å². The van der Waals surface area contributed by atoms with Crippen LogP contribution in [0.5, 0.6) is 5.75 Å². The minimum absolute atomic E-state index is 0.640. The van der Waals surface area contributed by atoms with E-state index in [-0.39, 0.29) is 0 Å². The van der Waals surface area contributed by atoms with Gasteiger partial charge in [0.15, 0.2) is 0 Å². The highest BCUT2D eigenvalue weighted by molar-refractivity contribution is 7.14. The van der Waals surface area contributed by atoms with E-state index in [4.69, 9.17) is 10.5 Å². The van der Waals surface area contributed by atoms with Crippen LogP contribution < -0.4 is 10.5 Å². The van der Waals surface area contributed by atoms with Crippen LogP contribution in [0.25, 0.3) is 11.3 Å². The summed E-state index contributed by atoms with van der Waals surface area (Å²) in [6.07, 6.45) is 0. The number of ether oxygens (including phenoxy) is 1. The van der Waals surface area contributed by atoms with Gasteiger partial charge in [-0.05, 0) is 19.1 Å². The predicted molar refractivity (Wildman–Crippen MR) is 63.1 cm³/mol. The molecule has 0 unspecified atom stereocenters. The van der Waals surface area contributed by atoms with E-state index >= 15 is 0 Å². The largest absolute Gasteiger partial charge is 0.493 e. The maximum absolute atomic E-state index is 5.84. The predicted octanol–water partition coefficient (Wildman–Crippen LogP) is 2.79. The molecule has 3 nitrogen and oxygen atoms in total. The first-order valence-corrected chi connectivity index (χ1v) is 5.62. The lowest BCUT2D eigenvalue weighted by Crippen LogP contribution is -1.95. The maximum Gasteiger partial charge on any atom is 0.128 e. The standard InChI is InChI=1S/C11H12N2OS/c1-2-14-9-6-4-3-5-8(9)10-11(12)15-7-13-10/h3-7H,2,12H2,1H3. The van der Waals surface area contributed by atoms with Gasteiger partial charge in [-0.3, -0.25) is 0 Å². The zero-order chi connectivity index (χ0) is 10.7.